The van der Waals surface area contributed by atoms with Crippen molar-refractivity contribution in [3.8, 4) is 11.5 Å². The second-order valence-electron chi connectivity index (χ2n) is 4.54. The van der Waals surface area contributed by atoms with E-state index in [0.29, 0.717) is 6.42 Å². The Labute approximate surface area is 111 Å². The molecule has 19 heavy (non-hydrogen) atoms. The summed E-state index contributed by atoms with van der Waals surface area (Å²) < 4.78 is 10.6. The number of fused-ring (bicyclic) bond motifs is 1. The van der Waals surface area contributed by atoms with Gasteiger partial charge in [-0.3, -0.25) is 0 Å². The first kappa shape index (κ1) is 11.8. The van der Waals surface area contributed by atoms with Crippen molar-refractivity contribution in [1.29, 1.82) is 0 Å². The molecular weight excluding hydrogens is 240 g/mol. The van der Waals surface area contributed by atoms with Crippen LogP contribution in [0.5, 0.6) is 11.5 Å². The van der Waals surface area contributed by atoms with Crippen LogP contribution in [0, 0.1) is 0 Å². The second kappa shape index (κ2) is 5.14. The average molecular weight is 254 g/mol. The molecule has 2 aromatic carbocycles. The zero-order chi connectivity index (χ0) is 13.1. The van der Waals surface area contributed by atoms with E-state index in [4.69, 9.17) is 9.47 Å². The van der Waals surface area contributed by atoms with E-state index in [0.717, 1.165) is 28.9 Å². The maximum absolute atomic E-state index is 11.3. The fourth-order valence-electron chi connectivity index (χ4n) is 2.26. The summed E-state index contributed by atoms with van der Waals surface area (Å²) in [5.74, 6) is 1.31. The van der Waals surface area contributed by atoms with Gasteiger partial charge < -0.3 is 14.3 Å². The van der Waals surface area contributed by atoms with Crippen molar-refractivity contribution in [2.24, 2.45) is 0 Å². The number of hydrogen-bond acceptors (Lipinski definition) is 3. The Hall–Kier alpha value is -2.29. The van der Waals surface area contributed by atoms with E-state index < -0.39 is 0 Å². The normalized spacial score (nSPS) is 14.1. The number of benzene rings is 2. The van der Waals surface area contributed by atoms with E-state index in [1.165, 1.54) is 0 Å². The molecule has 0 N–H and O–H groups in total. The highest BCUT2D eigenvalue weighted by atomic mass is 16.7. The molecule has 0 amide bonds. The summed E-state index contributed by atoms with van der Waals surface area (Å²) in [4.78, 5) is 11.3. The van der Waals surface area contributed by atoms with E-state index in [1.807, 2.05) is 48.5 Å². The molecule has 1 heterocycles. The third-order valence-corrected chi connectivity index (χ3v) is 3.29. The molecule has 96 valence electrons. The van der Waals surface area contributed by atoms with Gasteiger partial charge in [0.25, 0.3) is 0 Å². The Bertz CT molecular complexity index is 578. The number of carbonyl (C=O) groups is 1. The highest BCUT2D eigenvalue weighted by Gasteiger charge is 2.17. The Morgan fingerprint density at radius 2 is 1.84 bits per heavy atom. The summed E-state index contributed by atoms with van der Waals surface area (Å²) in [7, 11) is 0. The van der Waals surface area contributed by atoms with Crippen molar-refractivity contribution in [3.63, 3.8) is 0 Å². The van der Waals surface area contributed by atoms with Gasteiger partial charge in [0.1, 0.15) is 6.29 Å². The van der Waals surface area contributed by atoms with Gasteiger partial charge in [0.2, 0.25) is 6.79 Å². The average Bonchev–Trinajstić information content (AvgIpc) is 2.93. The Kier molecular flexibility index (Phi) is 3.19. The van der Waals surface area contributed by atoms with E-state index in [-0.39, 0.29) is 12.7 Å². The minimum atomic E-state index is -0.156. The second-order valence-corrected chi connectivity index (χ2v) is 4.54. The zero-order valence-electron chi connectivity index (χ0n) is 10.4. The minimum Gasteiger partial charge on any atom is -0.454 e. The standard InChI is InChI=1S/C16H14O3/c17-10-14(8-12-4-2-1-3-5-12)13-6-7-15-16(9-13)19-11-18-15/h1-7,9-10,14H,8,11H2. The van der Waals surface area contributed by atoms with Gasteiger partial charge >= 0.3 is 0 Å². The van der Waals surface area contributed by atoms with Gasteiger partial charge in [0.05, 0.1) is 0 Å². The van der Waals surface area contributed by atoms with Crippen LogP contribution in [-0.2, 0) is 11.2 Å². The molecule has 0 aliphatic carbocycles. The van der Waals surface area contributed by atoms with Crippen LogP contribution in [0.25, 0.3) is 0 Å². The predicted molar refractivity (Wildman–Crippen MR) is 71.5 cm³/mol. The summed E-state index contributed by atoms with van der Waals surface area (Å²) in [5, 5.41) is 0. The predicted octanol–water partition coefficient (Wildman–Crippen LogP) is 2.94. The molecule has 2 aromatic rings. The maximum Gasteiger partial charge on any atom is 0.231 e. The monoisotopic (exact) mass is 254 g/mol. The van der Waals surface area contributed by atoms with Crippen molar-refractivity contribution in [1.82, 2.24) is 0 Å². The summed E-state index contributed by atoms with van der Waals surface area (Å²) in [6.07, 6.45) is 1.69. The lowest BCUT2D eigenvalue weighted by molar-refractivity contribution is -0.109. The maximum atomic E-state index is 11.3. The molecule has 1 aliphatic heterocycles. The molecule has 1 unspecified atom stereocenters. The third-order valence-electron chi connectivity index (χ3n) is 3.29. The van der Waals surface area contributed by atoms with Gasteiger partial charge in [0.15, 0.2) is 11.5 Å². The highest BCUT2D eigenvalue weighted by Crippen LogP contribution is 2.34. The van der Waals surface area contributed by atoms with Crippen molar-refractivity contribution < 1.29 is 14.3 Å². The zero-order valence-corrected chi connectivity index (χ0v) is 10.4. The lowest BCUT2D eigenvalue weighted by atomic mass is 9.93. The molecule has 3 heteroatoms. The van der Waals surface area contributed by atoms with Crippen molar-refractivity contribution >= 4 is 6.29 Å². The van der Waals surface area contributed by atoms with E-state index in [2.05, 4.69) is 0 Å². The van der Waals surface area contributed by atoms with E-state index >= 15 is 0 Å². The topological polar surface area (TPSA) is 35.5 Å². The van der Waals surface area contributed by atoms with Gasteiger partial charge in [-0.05, 0) is 29.7 Å². The molecule has 0 fully saturated rings. The molecule has 3 rings (SSSR count). The number of hydrogen-bond donors (Lipinski definition) is 0. The fourth-order valence-corrected chi connectivity index (χ4v) is 2.26. The number of carbonyl (C=O) groups excluding carboxylic acids is 1. The molecular formula is C16H14O3. The van der Waals surface area contributed by atoms with E-state index in [1.54, 1.807) is 0 Å². The number of aldehydes is 1. The Balaban J connectivity index is 1.84. The van der Waals surface area contributed by atoms with Crippen LogP contribution >= 0.6 is 0 Å². The van der Waals surface area contributed by atoms with Gasteiger partial charge in [-0.25, -0.2) is 0 Å². The van der Waals surface area contributed by atoms with Crippen LogP contribution in [0.2, 0.25) is 0 Å². The Morgan fingerprint density at radius 1 is 1.05 bits per heavy atom. The van der Waals surface area contributed by atoms with Crippen molar-refractivity contribution in [3.05, 3.63) is 59.7 Å². The number of rotatable bonds is 4. The fraction of sp³-hybridized carbons (Fsp3) is 0.188. The SMILES string of the molecule is O=CC(Cc1ccccc1)c1ccc2c(c1)OCO2. The largest absolute Gasteiger partial charge is 0.454 e. The quantitative estimate of drug-likeness (QED) is 0.787. The van der Waals surface area contributed by atoms with Crippen LogP contribution in [-0.4, -0.2) is 13.1 Å². The molecule has 3 nitrogen and oxygen atoms in total. The molecule has 0 saturated carbocycles. The van der Waals surface area contributed by atoms with Crippen LogP contribution in [0.1, 0.15) is 17.0 Å². The first-order valence-corrected chi connectivity index (χ1v) is 6.25. The molecule has 0 bridgehead atoms. The smallest absolute Gasteiger partial charge is 0.231 e. The summed E-state index contributed by atoms with van der Waals surface area (Å²) in [6, 6.07) is 15.7. The lowest BCUT2D eigenvalue weighted by Gasteiger charge is -2.11. The summed E-state index contributed by atoms with van der Waals surface area (Å²) in [5.41, 5.74) is 2.11. The van der Waals surface area contributed by atoms with E-state index in [9.17, 15) is 4.79 Å². The third kappa shape index (κ3) is 2.45. The highest BCUT2D eigenvalue weighted by molar-refractivity contribution is 5.64. The van der Waals surface area contributed by atoms with Gasteiger partial charge in [-0.15, -0.1) is 0 Å². The van der Waals surface area contributed by atoms with Gasteiger partial charge in [-0.1, -0.05) is 36.4 Å². The Morgan fingerprint density at radius 3 is 2.63 bits per heavy atom. The number of ether oxygens (including phenoxy) is 2. The summed E-state index contributed by atoms with van der Waals surface area (Å²) in [6.45, 7) is 0.253. The van der Waals surface area contributed by atoms with Crippen LogP contribution in [0.15, 0.2) is 48.5 Å². The van der Waals surface area contributed by atoms with Gasteiger partial charge in [-0.2, -0.15) is 0 Å². The van der Waals surface area contributed by atoms with Crippen molar-refractivity contribution in [2.75, 3.05) is 6.79 Å². The first-order chi connectivity index (χ1) is 9.36. The summed E-state index contributed by atoms with van der Waals surface area (Å²) >= 11 is 0. The molecule has 0 saturated heterocycles. The lowest BCUT2D eigenvalue weighted by Crippen LogP contribution is -2.04. The van der Waals surface area contributed by atoms with Crippen molar-refractivity contribution in [2.45, 2.75) is 12.3 Å². The molecule has 1 atom stereocenters. The molecule has 0 aromatic heterocycles. The molecule has 1 aliphatic rings. The van der Waals surface area contributed by atoms with Crippen LogP contribution in [0.3, 0.4) is 0 Å². The first-order valence-electron chi connectivity index (χ1n) is 6.25. The molecule has 0 spiro atoms. The molecule has 0 radical (unpaired) electrons. The minimum absolute atomic E-state index is 0.156. The van der Waals surface area contributed by atoms with Crippen LogP contribution in [0.4, 0.5) is 0 Å². The van der Waals surface area contributed by atoms with Gasteiger partial charge in [0, 0.05) is 5.92 Å². The van der Waals surface area contributed by atoms with Crippen LogP contribution < -0.4 is 9.47 Å².